The molecule has 0 aliphatic carbocycles. The minimum Gasteiger partial charge on any atom is -0.399 e. The maximum absolute atomic E-state index is 5.80. The molecular weight excluding hydrogens is 290 g/mol. The van der Waals surface area contributed by atoms with Gasteiger partial charge in [-0.25, -0.2) is 0 Å². The van der Waals surface area contributed by atoms with Crippen LogP contribution in [0.3, 0.4) is 0 Å². The molecule has 2 N–H and O–H groups in total. The van der Waals surface area contributed by atoms with E-state index in [0.29, 0.717) is 17.5 Å². The Kier molecular flexibility index (Phi) is 3.75. The van der Waals surface area contributed by atoms with E-state index in [1.165, 1.54) is 0 Å². The van der Waals surface area contributed by atoms with Crippen molar-refractivity contribution in [2.24, 2.45) is 0 Å². The number of nitrogens with zero attached hydrogens (tertiary/aromatic N) is 2. The van der Waals surface area contributed by atoms with Crippen molar-refractivity contribution < 1.29 is 4.52 Å². The molecule has 1 aromatic carbocycles. The largest absolute Gasteiger partial charge is 0.399 e. The Hall–Kier alpha value is -1.79. The fraction of sp³-hybridized carbons (Fsp3) is 0.143. The van der Waals surface area contributed by atoms with Gasteiger partial charge in [-0.3, -0.25) is 0 Å². The van der Waals surface area contributed by atoms with Gasteiger partial charge in [0.15, 0.2) is 0 Å². The van der Waals surface area contributed by atoms with E-state index in [4.69, 9.17) is 10.3 Å². The van der Waals surface area contributed by atoms with Crippen LogP contribution in [-0.2, 0) is 5.75 Å². The number of benzene rings is 1. The third-order valence-electron chi connectivity index (χ3n) is 2.85. The number of aromatic nitrogens is 2. The predicted molar refractivity (Wildman–Crippen MR) is 82.8 cm³/mol. The molecule has 0 fully saturated rings. The van der Waals surface area contributed by atoms with E-state index in [9.17, 15) is 0 Å². The molecule has 2 heterocycles. The molecule has 0 bridgehead atoms. The molecule has 6 heteroatoms. The summed E-state index contributed by atoms with van der Waals surface area (Å²) < 4.78 is 5.26. The number of thioether (sulfide) groups is 1. The van der Waals surface area contributed by atoms with Gasteiger partial charge in [0, 0.05) is 21.5 Å². The van der Waals surface area contributed by atoms with Crippen LogP contribution in [0, 0.1) is 6.92 Å². The number of thiophene rings is 1. The highest BCUT2D eigenvalue weighted by Gasteiger charge is 2.09. The average molecular weight is 303 g/mol. The van der Waals surface area contributed by atoms with E-state index in [1.807, 2.05) is 35.9 Å². The maximum Gasteiger partial charge on any atom is 0.237 e. The zero-order valence-corrected chi connectivity index (χ0v) is 12.5. The molecule has 102 valence electrons. The first-order valence-electron chi connectivity index (χ1n) is 6.06. The number of hydrogen-bond acceptors (Lipinski definition) is 6. The number of hydrogen-bond donors (Lipinski definition) is 1. The summed E-state index contributed by atoms with van der Waals surface area (Å²) in [5, 5.41) is 7.99. The molecule has 0 aliphatic heterocycles. The van der Waals surface area contributed by atoms with Crippen LogP contribution in [0.4, 0.5) is 5.69 Å². The van der Waals surface area contributed by atoms with Crippen LogP contribution in [0.2, 0.25) is 0 Å². The maximum atomic E-state index is 5.80. The molecule has 3 rings (SSSR count). The summed E-state index contributed by atoms with van der Waals surface area (Å²) in [6.07, 6.45) is 0. The van der Waals surface area contributed by atoms with E-state index in [0.717, 1.165) is 21.7 Å². The van der Waals surface area contributed by atoms with Gasteiger partial charge in [0.2, 0.25) is 11.7 Å². The van der Waals surface area contributed by atoms with Gasteiger partial charge in [0.05, 0.1) is 5.75 Å². The molecule has 0 atom stereocenters. The average Bonchev–Trinajstić information content (AvgIpc) is 3.09. The van der Waals surface area contributed by atoms with Gasteiger partial charge in [0.1, 0.15) is 0 Å². The quantitative estimate of drug-likeness (QED) is 0.583. The molecule has 0 saturated heterocycles. The lowest BCUT2D eigenvalue weighted by molar-refractivity contribution is 0.391. The molecule has 20 heavy (non-hydrogen) atoms. The van der Waals surface area contributed by atoms with Gasteiger partial charge < -0.3 is 10.3 Å². The Balaban J connectivity index is 1.68. The van der Waals surface area contributed by atoms with E-state index in [2.05, 4.69) is 16.2 Å². The van der Waals surface area contributed by atoms with Crippen molar-refractivity contribution in [3.63, 3.8) is 0 Å². The van der Waals surface area contributed by atoms with E-state index in [-0.39, 0.29) is 0 Å². The second-order valence-electron chi connectivity index (χ2n) is 4.33. The molecule has 3 aromatic rings. The highest BCUT2D eigenvalue weighted by molar-refractivity contribution is 7.98. The second-order valence-corrected chi connectivity index (χ2v) is 6.16. The van der Waals surface area contributed by atoms with E-state index < -0.39 is 0 Å². The monoisotopic (exact) mass is 303 g/mol. The lowest BCUT2D eigenvalue weighted by atomic mass is 10.2. The fourth-order valence-corrected chi connectivity index (χ4v) is 3.17. The third kappa shape index (κ3) is 2.86. The molecule has 0 aliphatic rings. The van der Waals surface area contributed by atoms with E-state index >= 15 is 0 Å². The molecular formula is C14H13N3OS2. The normalized spacial score (nSPS) is 10.8. The Morgan fingerprint density at radius 2 is 2.25 bits per heavy atom. The minimum atomic E-state index is 0.630. The number of anilines is 1. The van der Waals surface area contributed by atoms with Crippen LogP contribution in [0.25, 0.3) is 11.4 Å². The predicted octanol–water partition coefficient (Wildman–Crippen LogP) is 3.98. The van der Waals surface area contributed by atoms with Crippen molar-refractivity contribution in [2.45, 2.75) is 17.6 Å². The summed E-state index contributed by atoms with van der Waals surface area (Å²) in [6, 6.07) is 7.97. The van der Waals surface area contributed by atoms with Crippen LogP contribution in [-0.4, -0.2) is 10.1 Å². The Bertz CT molecular complexity index is 707. The molecule has 2 aromatic heterocycles. The number of rotatable bonds is 4. The first kappa shape index (κ1) is 13.2. The minimum absolute atomic E-state index is 0.630. The van der Waals surface area contributed by atoms with Crippen LogP contribution in [0.15, 0.2) is 44.4 Å². The number of aryl methyl sites for hydroxylation is 1. The number of nitrogens with two attached hydrogens (primary N) is 1. The fourth-order valence-electron chi connectivity index (χ4n) is 1.71. The van der Waals surface area contributed by atoms with Crippen molar-refractivity contribution in [1.29, 1.82) is 0 Å². The van der Waals surface area contributed by atoms with Crippen molar-refractivity contribution in [1.82, 2.24) is 10.1 Å². The summed E-state index contributed by atoms with van der Waals surface area (Å²) in [7, 11) is 0. The molecule has 0 radical (unpaired) electrons. The Morgan fingerprint density at radius 1 is 1.35 bits per heavy atom. The lowest BCUT2D eigenvalue weighted by Crippen LogP contribution is -1.89. The molecule has 0 saturated carbocycles. The Morgan fingerprint density at radius 3 is 3.00 bits per heavy atom. The van der Waals surface area contributed by atoms with Gasteiger partial charge in [-0.15, -0.1) is 11.8 Å². The van der Waals surface area contributed by atoms with Gasteiger partial charge in [0.25, 0.3) is 0 Å². The molecule has 0 spiro atoms. The van der Waals surface area contributed by atoms with Crippen molar-refractivity contribution in [2.75, 3.05) is 5.73 Å². The summed E-state index contributed by atoms with van der Waals surface area (Å²) in [5.41, 5.74) is 8.70. The third-order valence-corrected chi connectivity index (χ3v) is 4.51. The van der Waals surface area contributed by atoms with Crippen molar-refractivity contribution >= 4 is 28.8 Å². The SMILES string of the molecule is Cc1cc(SCc2nc(-c3ccsc3)no2)ccc1N. The van der Waals surface area contributed by atoms with E-state index in [1.54, 1.807) is 23.1 Å². The van der Waals surface area contributed by atoms with Gasteiger partial charge >= 0.3 is 0 Å². The standard InChI is InChI=1S/C14H13N3OS2/c1-9-6-11(2-3-12(9)15)20-8-13-16-14(17-18-13)10-4-5-19-7-10/h2-7H,8,15H2,1H3. The van der Waals surface area contributed by atoms with Crippen LogP contribution >= 0.6 is 23.1 Å². The highest BCUT2D eigenvalue weighted by atomic mass is 32.2. The summed E-state index contributed by atoms with van der Waals surface area (Å²) in [6.45, 7) is 2.00. The first-order chi connectivity index (χ1) is 9.72. The zero-order valence-electron chi connectivity index (χ0n) is 10.9. The van der Waals surface area contributed by atoms with Crippen LogP contribution in [0.1, 0.15) is 11.5 Å². The smallest absolute Gasteiger partial charge is 0.237 e. The lowest BCUT2D eigenvalue weighted by Gasteiger charge is -2.02. The molecule has 0 unspecified atom stereocenters. The van der Waals surface area contributed by atoms with Crippen molar-refractivity contribution in [3.05, 3.63) is 46.5 Å². The second kappa shape index (κ2) is 5.68. The van der Waals surface area contributed by atoms with Crippen LogP contribution in [0.5, 0.6) is 0 Å². The van der Waals surface area contributed by atoms with Gasteiger partial charge in [-0.05, 0) is 42.1 Å². The molecule has 4 nitrogen and oxygen atoms in total. The van der Waals surface area contributed by atoms with Crippen molar-refractivity contribution in [3.8, 4) is 11.4 Å². The summed E-state index contributed by atoms with van der Waals surface area (Å²) >= 11 is 3.28. The molecule has 0 amide bonds. The summed E-state index contributed by atoms with van der Waals surface area (Å²) in [4.78, 5) is 5.54. The summed E-state index contributed by atoms with van der Waals surface area (Å²) in [5.74, 6) is 1.93. The Labute approximate surface area is 125 Å². The topological polar surface area (TPSA) is 64.9 Å². The number of nitrogen functional groups attached to an aromatic ring is 1. The van der Waals surface area contributed by atoms with Gasteiger partial charge in [-0.1, -0.05) is 5.16 Å². The van der Waals surface area contributed by atoms with Crippen LogP contribution < -0.4 is 5.73 Å². The zero-order chi connectivity index (χ0) is 13.9. The first-order valence-corrected chi connectivity index (χ1v) is 7.99. The van der Waals surface area contributed by atoms with Gasteiger partial charge in [-0.2, -0.15) is 16.3 Å². The highest BCUT2D eigenvalue weighted by Crippen LogP contribution is 2.26.